The number of halogens is 1. The van der Waals surface area contributed by atoms with Gasteiger partial charge in [-0.2, -0.15) is 0 Å². The number of nitrogens with zero attached hydrogens (tertiary/aromatic N) is 1. The lowest BCUT2D eigenvalue weighted by Crippen LogP contribution is -2.10. The van der Waals surface area contributed by atoms with Gasteiger partial charge in [0, 0.05) is 23.7 Å². The molecular weight excluding hydrogens is 334 g/mol. The molecule has 0 amide bonds. The molecule has 0 saturated heterocycles. The number of ketones is 1. The molecule has 1 heterocycles. The van der Waals surface area contributed by atoms with Gasteiger partial charge in [0.1, 0.15) is 0 Å². The van der Waals surface area contributed by atoms with Gasteiger partial charge in [-0.3, -0.25) is 4.79 Å². The minimum Gasteiger partial charge on any atom is -0.481 e. The molecule has 0 spiro atoms. The molecule has 3 nitrogen and oxygen atoms in total. The first-order valence-electron chi connectivity index (χ1n) is 8.26. The molecule has 1 aromatic carbocycles. The van der Waals surface area contributed by atoms with Gasteiger partial charge in [-0.05, 0) is 59.7 Å². The van der Waals surface area contributed by atoms with Gasteiger partial charge >= 0.3 is 0 Å². The predicted molar refractivity (Wildman–Crippen MR) is 101 cm³/mol. The van der Waals surface area contributed by atoms with Gasteiger partial charge in [0.2, 0.25) is 5.88 Å². The molecule has 1 aromatic heterocycles. The van der Waals surface area contributed by atoms with E-state index in [0.717, 1.165) is 45.7 Å². The Morgan fingerprint density at radius 3 is 2.64 bits per heavy atom. The van der Waals surface area contributed by atoms with Crippen LogP contribution >= 0.6 is 11.6 Å². The third-order valence-corrected chi connectivity index (χ3v) is 4.91. The maximum absolute atomic E-state index is 12.4. The van der Waals surface area contributed by atoms with Crippen molar-refractivity contribution < 1.29 is 9.53 Å². The Morgan fingerprint density at radius 2 is 1.96 bits per heavy atom. The van der Waals surface area contributed by atoms with E-state index in [-0.39, 0.29) is 5.78 Å². The molecule has 2 aromatic rings. The number of allylic oxidation sites excluding steroid dienone is 4. The van der Waals surface area contributed by atoms with Crippen LogP contribution in [0, 0.1) is 0 Å². The zero-order valence-electron chi connectivity index (χ0n) is 14.4. The van der Waals surface area contributed by atoms with Crippen molar-refractivity contribution >= 4 is 23.0 Å². The van der Waals surface area contributed by atoms with E-state index in [1.165, 1.54) is 0 Å². The zero-order chi connectivity index (χ0) is 17.8. The molecule has 3 rings (SSSR count). The fourth-order valence-electron chi connectivity index (χ4n) is 2.96. The van der Waals surface area contributed by atoms with E-state index in [2.05, 4.69) is 11.1 Å². The number of benzene rings is 1. The summed E-state index contributed by atoms with van der Waals surface area (Å²) in [6, 6.07) is 11.6. The predicted octanol–water partition coefficient (Wildman–Crippen LogP) is 5.05. The summed E-state index contributed by atoms with van der Waals surface area (Å²) >= 11 is 6.24. The van der Waals surface area contributed by atoms with Crippen LogP contribution in [0.4, 0.5) is 0 Å². The maximum atomic E-state index is 12.4. The molecule has 128 valence electrons. The number of Topliss-reactive ketones (excluding diaryl/α,β-unsaturated/α-hetero) is 1. The van der Waals surface area contributed by atoms with Crippen molar-refractivity contribution in [3.05, 3.63) is 76.0 Å². The minimum absolute atomic E-state index is 0.169. The van der Waals surface area contributed by atoms with E-state index in [0.29, 0.717) is 12.3 Å². The second-order valence-electron chi connectivity index (χ2n) is 6.10. The van der Waals surface area contributed by atoms with Gasteiger partial charge in [0.25, 0.3) is 0 Å². The van der Waals surface area contributed by atoms with E-state index in [4.69, 9.17) is 16.3 Å². The topological polar surface area (TPSA) is 39.2 Å². The standard InChI is InChI=1S/C21H20ClNO2/c1-14-16(8-7-15-5-3-4-6-19(15)22)11-18(12-20(14)24)17-9-10-21(25-2)23-13-17/h3-6,9-11,13H,7-8,12H2,1-2H3. The van der Waals surface area contributed by atoms with Crippen molar-refractivity contribution in [2.75, 3.05) is 7.11 Å². The van der Waals surface area contributed by atoms with Crippen molar-refractivity contribution in [1.29, 1.82) is 0 Å². The van der Waals surface area contributed by atoms with E-state index < -0.39 is 0 Å². The lowest BCUT2D eigenvalue weighted by atomic mass is 9.86. The van der Waals surface area contributed by atoms with Gasteiger partial charge < -0.3 is 4.74 Å². The highest BCUT2D eigenvalue weighted by molar-refractivity contribution is 6.31. The van der Waals surface area contributed by atoms with Gasteiger partial charge in [0.15, 0.2) is 5.78 Å². The number of hydrogen-bond donors (Lipinski definition) is 0. The van der Waals surface area contributed by atoms with Crippen LogP contribution in [0.2, 0.25) is 5.02 Å². The second-order valence-corrected chi connectivity index (χ2v) is 6.51. The molecule has 0 radical (unpaired) electrons. The fourth-order valence-corrected chi connectivity index (χ4v) is 3.19. The third-order valence-electron chi connectivity index (χ3n) is 4.54. The van der Waals surface area contributed by atoms with E-state index in [1.54, 1.807) is 13.3 Å². The number of ether oxygens (including phenoxy) is 1. The molecule has 0 N–H and O–H groups in total. The van der Waals surface area contributed by atoms with Gasteiger partial charge in [-0.15, -0.1) is 0 Å². The summed E-state index contributed by atoms with van der Waals surface area (Å²) in [5, 5.41) is 0.770. The van der Waals surface area contributed by atoms with Crippen LogP contribution in [-0.2, 0) is 11.2 Å². The summed E-state index contributed by atoms with van der Waals surface area (Å²) in [7, 11) is 1.59. The van der Waals surface area contributed by atoms with Crippen molar-refractivity contribution in [3.8, 4) is 5.88 Å². The Labute approximate surface area is 153 Å². The highest BCUT2D eigenvalue weighted by atomic mass is 35.5. The average Bonchev–Trinajstić information content (AvgIpc) is 2.64. The molecule has 0 saturated carbocycles. The van der Waals surface area contributed by atoms with Crippen LogP contribution in [0.3, 0.4) is 0 Å². The first-order valence-corrected chi connectivity index (χ1v) is 8.63. The summed E-state index contributed by atoms with van der Waals surface area (Å²) in [6.45, 7) is 1.91. The van der Waals surface area contributed by atoms with E-state index in [9.17, 15) is 4.79 Å². The molecule has 1 aliphatic rings. The van der Waals surface area contributed by atoms with Crippen LogP contribution in [0.15, 0.2) is 59.8 Å². The van der Waals surface area contributed by atoms with Gasteiger partial charge in [-0.1, -0.05) is 35.9 Å². The molecule has 0 fully saturated rings. The van der Waals surface area contributed by atoms with Crippen molar-refractivity contribution in [1.82, 2.24) is 4.98 Å². The first-order chi connectivity index (χ1) is 12.1. The van der Waals surface area contributed by atoms with Crippen molar-refractivity contribution in [3.63, 3.8) is 0 Å². The lowest BCUT2D eigenvalue weighted by molar-refractivity contribution is -0.114. The Bertz CT molecular complexity index is 850. The number of hydrogen-bond acceptors (Lipinski definition) is 3. The number of aryl methyl sites for hydroxylation is 1. The lowest BCUT2D eigenvalue weighted by Gasteiger charge is -2.18. The van der Waals surface area contributed by atoms with E-state index in [1.807, 2.05) is 43.3 Å². The Morgan fingerprint density at radius 1 is 1.16 bits per heavy atom. The summed E-state index contributed by atoms with van der Waals surface area (Å²) < 4.78 is 5.10. The van der Waals surface area contributed by atoms with E-state index >= 15 is 0 Å². The number of aromatic nitrogens is 1. The number of carbonyl (C=O) groups is 1. The Hall–Kier alpha value is -2.39. The molecule has 0 bridgehead atoms. The smallest absolute Gasteiger partial charge is 0.212 e. The highest BCUT2D eigenvalue weighted by Gasteiger charge is 2.19. The highest BCUT2D eigenvalue weighted by Crippen LogP contribution is 2.31. The molecule has 0 aliphatic heterocycles. The summed E-state index contributed by atoms with van der Waals surface area (Å²) in [5.74, 6) is 0.736. The van der Waals surface area contributed by atoms with Crippen LogP contribution in [0.5, 0.6) is 5.88 Å². The first kappa shape index (κ1) is 17.4. The summed E-state index contributed by atoms with van der Waals surface area (Å²) in [6.07, 6.45) is 5.88. The maximum Gasteiger partial charge on any atom is 0.212 e. The molecular formula is C21H20ClNO2. The molecule has 1 aliphatic carbocycles. The summed E-state index contributed by atoms with van der Waals surface area (Å²) in [4.78, 5) is 16.7. The third kappa shape index (κ3) is 3.99. The van der Waals surface area contributed by atoms with Gasteiger partial charge in [0.05, 0.1) is 7.11 Å². The SMILES string of the molecule is COc1ccc(C2=CC(CCc3ccccc3Cl)=C(C)C(=O)C2)cn1. The molecule has 0 atom stereocenters. The summed E-state index contributed by atoms with van der Waals surface area (Å²) in [5.41, 5.74) is 4.97. The average molecular weight is 354 g/mol. The van der Waals surface area contributed by atoms with Crippen LogP contribution in [0.1, 0.15) is 30.9 Å². The van der Waals surface area contributed by atoms with Gasteiger partial charge in [-0.25, -0.2) is 4.98 Å². The Balaban J connectivity index is 1.83. The number of rotatable bonds is 5. The van der Waals surface area contributed by atoms with Crippen molar-refractivity contribution in [2.24, 2.45) is 0 Å². The largest absolute Gasteiger partial charge is 0.481 e. The normalized spacial score (nSPS) is 14.5. The molecule has 4 heteroatoms. The second kappa shape index (κ2) is 7.66. The number of methoxy groups -OCH3 is 1. The zero-order valence-corrected chi connectivity index (χ0v) is 15.1. The number of pyridine rings is 1. The minimum atomic E-state index is 0.169. The number of carbonyl (C=O) groups excluding carboxylic acids is 1. The monoisotopic (exact) mass is 353 g/mol. The fraction of sp³-hybridized carbons (Fsp3) is 0.238. The molecule has 25 heavy (non-hydrogen) atoms. The van der Waals surface area contributed by atoms with Crippen LogP contribution in [-0.4, -0.2) is 17.9 Å². The Kier molecular flexibility index (Phi) is 5.34. The van der Waals surface area contributed by atoms with Crippen LogP contribution < -0.4 is 4.74 Å². The molecule has 0 unspecified atom stereocenters. The van der Waals surface area contributed by atoms with Crippen LogP contribution in [0.25, 0.3) is 5.57 Å². The quantitative estimate of drug-likeness (QED) is 0.755. The van der Waals surface area contributed by atoms with Crippen molar-refractivity contribution in [2.45, 2.75) is 26.2 Å².